The van der Waals surface area contributed by atoms with Crippen molar-refractivity contribution >= 4 is 40.7 Å². The number of nitrogens with one attached hydrogen (secondary N) is 1. The van der Waals surface area contributed by atoms with Crippen LogP contribution in [0.3, 0.4) is 0 Å². The third kappa shape index (κ3) is 4.67. The quantitative estimate of drug-likeness (QED) is 0.902. The van der Waals surface area contributed by atoms with Gasteiger partial charge in [0.1, 0.15) is 0 Å². The molecule has 2 heterocycles. The molecule has 0 radical (unpaired) electrons. The van der Waals surface area contributed by atoms with E-state index in [1.807, 2.05) is 12.4 Å². The lowest BCUT2D eigenvalue weighted by molar-refractivity contribution is 0.169. The molecule has 0 aliphatic carbocycles. The van der Waals surface area contributed by atoms with Crippen molar-refractivity contribution in [1.29, 1.82) is 0 Å². The number of aromatic nitrogens is 1. The maximum Gasteiger partial charge on any atom is 0.0410 e. The standard InChI is InChI=1S/C12H18BrN3.2ClH/c1-2-12(16-5-3-14-4-6-16)10-7-11(13)9-15-8-10;;/h7-9,12,14H,2-6H2,1H3;2*1H/t12-;;/m0../s1. The van der Waals surface area contributed by atoms with Crippen LogP contribution in [-0.2, 0) is 0 Å². The van der Waals surface area contributed by atoms with Crippen molar-refractivity contribution < 1.29 is 0 Å². The third-order valence-corrected chi connectivity index (χ3v) is 3.52. The monoisotopic (exact) mass is 355 g/mol. The van der Waals surface area contributed by atoms with E-state index in [2.05, 4.69) is 44.1 Å². The van der Waals surface area contributed by atoms with Gasteiger partial charge in [-0.15, -0.1) is 24.8 Å². The van der Waals surface area contributed by atoms with Crippen LogP contribution in [0.5, 0.6) is 0 Å². The zero-order valence-corrected chi connectivity index (χ0v) is 13.7. The van der Waals surface area contributed by atoms with Crippen LogP contribution in [0.25, 0.3) is 0 Å². The van der Waals surface area contributed by atoms with Gasteiger partial charge >= 0.3 is 0 Å². The van der Waals surface area contributed by atoms with Crippen molar-refractivity contribution in [2.75, 3.05) is 26.2 Å². The van der Waals surface area contributed by atoms with Crippen molar-refractivity contribution in [3.8, 4) is 0 Å². The smallest absolute Gasteiger partial charge is 0.0410 e. The molecule has 1 fully saturated rings. The zero-order valence-electron chi connectivity index (χ0n) is 10.4. The first-order valence-electron chi connectivity index (χ1n) is 5.86. The molecule has 1 aromatic rings. The highest BCUT2D eigenvalue weighted by molar-refractivity contribution is 9.10. The Morgan fingerprint density at radius 1 is 1.33 bits per heavy atom. The van der Waals surface area contributed by atoms with Gasteiger partial charge in [-0.2, -0.15) is 0 Å². The maximum absolute atomic E-state index is 4.26. The van der Waals surface area contributed by atoms with Gasteiger partial charge in [-0.1, -0.05) is 6.92 Å². The van der Waals surface area contributed by atoms with Crippen LogP contribution >= 0.6 is 40.7 Å². The first kappa shape index (κ1) is 18.1. The SMILES string of the molecule is CC[C@@H](c1cncc(Br)c1)N1CCNCC1.Cl.Cl. The van der Waals surface area contributed by atoms with Gasteiger partial charge < -0.3 is 5.32 Å². The van der Waals surface area contributed by atoms with Gasteiger partial charge in [-0.25, -0.2) is 0 Å². The summed E-state index contributed by atoms with van der Waals surface area (Å²) in [5.74, 6) is 0. The van der Waals surface area contributed by atoms with Crippen molar-refractivity contribution in [2.45, 2.75) is 19.4 Å². The Balaban J connectivity index is 0.00000144. The van der Waals surface area contributed by atoms with Crippen LogP contribution in [0.4, 0.5) is 0 Å². The molecule has 1 atom stereocenters. The van der Waals surface area contributed by atoms with E-state index in [9.17, 15) is 0 Å². The summed E-state index contributed by atoms with van der Waals surface area (Å²) in [6, 6.07) is 2.69. The summed E-state index contributed by atoms with van der Waals surface area (Å²) < 4.78 is 1.07. The van der Waals surface area contributed by atoms with Crippen LogP contribution in [0, 0.1) is 0 Å². The first-order valence-corrected chi connectivity index (χ1v) is 6.65. The van der Waals surface area contributed by atoms with Crippen LogP contribution in [0.15, 0.2) is 22.9 Å². The van der Waals surface area contributed by atoms with E-state index in [0.717, 1.165) is 37.1 Å². The molecule has 104 valence electrons. The van der Waals surface area contributed by atoms with Gasteiger partial charge in [0.15, 0.2) is 0 Å². The van der Waals surface area contributed by atoms with E-state index in [1.165, 1.54) is 5.56 Å². The lowest BCUT2D eigenvalue weighted by Gasteiger charge is -2.34. The largest absolute Gasteiger partial charge is 0.314 e. The molecule has 18 heavy (non-hydrogen) atoms. The lowest BCUT2D eigenvalue weighted by Crippen LogP contribution is -2.45. The number of piperazine rings is 1. The molecule has 1 aliphatic heterocycles. The minimum Gasteiger partial charge on any atom is -0.314 e. The molecule has 0 saturated carbocycles. The van der Waals surface area contributed by atoms with Crippen LogP contribution in [0.2, 0.25) is 0 Å². The van der Waals surface area contributed by atoms with Crippen molar-refractivity contribution in [3.63, 3.8) is 0 Å². The number of hydrogen-bond acceptors (Lipinski definition) is 3. The maximum atomic E-state index is 4.26. The van der Waals surface area contributed by atoms with E-state index >= 15 is 0 Å². The third-order valence-electron chi connectivity index (χ3n) is 3.09. The highest BCUT2D eigenvalue weighted by Crippen LogP contribution is 2.25. The molecular formula is C12H20BrCl2N3. The molecule has 0 aromatic carbocycles. The Kier molecular flexibility index (Phi) is 9.17. The van der Waals surface area contributed by atoms with E-state index in [0.29, 0.717) is 6.04 Å². The van der Waals surface area contributed by atoms with Gasteiger partial charge in [0.05, 0.1) is 0 Å². The topological polar surface area (TPSA) is 28.2 Å². The van der Waals surface area contributed by atoms with Gasteiger partial charge in [0, 0.05) is 49.1 Å². The zero-order chi connectivity index (χ0) is 11.4. The second-order valence-electron chi connectivity index (χ2n) is 4.15. The van der Waals surface area contributed by atoms with Gasteiger partial charge in [0.25, 0.3) is 0 Å². The molecule has 0 unspecified atom stereocenters. The Labute approximate surface area is 130 Å². The van der Waals surface area contributed by atoms with Crippen molar-refractivity contribution in [3.05, 3.63) is 28.5 Å². The molecule has 0 bridgehead atoms. The van der Waals surface area contributed by atoms with Crippen LogP contribution < -0.4 is 5.32 Å². The highest BCUT2D eigenvalue weighted by Gasteiger charge is 2.20. The molecule has 1 aromatic heterocycles. The van der Waals surface area contributed by atoms with Gasteiger partial charge in [-0.05, 0) is 34.0 Å². The fourth-order valence-corrected chi connectivity index (χ4v) is 2.69. The summed E-state index contributed by atoms with van der Waals surface area (Å²) in [6.45, 7) is 6.69. The molecule has 2 rings (SSSR count). The molecular weight excluding hydrogens is 337 g/mol. The summed E-state index contributed by atoms with van der Waals surface area (Å²) in [5, 5.41) is 3.39. The van der Waals surface area contributed by atoms with Crippen LogP contribution in [-0.4, -0.2) is 36.1 Å². The number of pyridine rings is 1. The number of nitrogens with zero attached hydrogens (tertiary/aromatic N) is 2. The van der Waals surface area contributed by atoms with Gasteiger partial charge in [-0.3, -0.25) is 9.88 Å². The predicted octanol–water partition coefficient (Wildman–Crippen LogP) is 3.04. The molecule has 0 amide bonds. The summed E-state index contributed by atoms with van der Waals surface area (Å²) >= 11 is 3.49. The van der Waals surface area contributed by atoms with E-state index < -0.39 is 0 Å². The Morgan fingerprint density at radius 2 is 2.00 bits per heavy atom. The van der Waals surface area contributed by atoms with Crippen molar-refractivity contribution in [2.24, 2.45) is 0 Å². The summed E-state index contributed by atoms with van der Waals surface area (Å²) in [7, 11) is 0. The Hall–Kier alpha value is 0.130. The fourth-order valence-electron chi connectivity index (χ4n) is 2.31. The normalized spacial score (nSPS) is 17.4. The van der Waals surface area contributed by atoms with Gasteiger partial charge in [0.2, 0.25) is 0 Å². The fraction of sp³-hybridized carbons (Fsp3) is 0.583. The number of rotatable bonds is 3. The second-order valence-corrected chi connectivity index (χ2v) is 5.06. The number of halogens is 3. The van der Waals surface area contributed by atoms with E-state index in [4.69, 9.17) is 0 Å². The highest BCUT2D eigenvalue weighted by atomic mass is 79.9. The second kappa shape index (κ2) is 9.10. The summed E-state index contributed by atoms with van der Waals surface area (Å²) in [4.78, 5) is 6.80. The molecule has 0 spiro atoms. The summed E-state index contributed by atoms with van der Waals surface area (Å²) in [5.41, 5.74) is 1.32. The minimum atomic E-state index is 0. The van der Waals surface area contributed by atoms with E-state index in [1.54, 1.807) is 0 Å². The Bertz CT molecular complexity index is 346. The molecule has 6 heteroatoms. The molecule has 3 nitrogen and oxygen atoms in total. The molecule has 1 N–H and O–H groups in total. The molecule has 1 aliphatic rings. The number of hydrogen-bond donors (Lipinski definition) is 1. The molecule has 1 saturated heterocycles. The van der Waals surface area contributed by atoms with Crippen LogP contribution in [0.1, 0.15) is 24.9 Å². The average molecular weight is 357 g/mol. The minimum absolute atomic E-state index is 0. The van der Waals surface area contributed by atoms with E-state index in [-0.39, 0.29) is 24.8 Å². The Morgan fingerprint density at radius 3 is 2.56 bits per heavy atom. The lowest BCUT2D eigenvalue weighted by atomic mass is 10.0. The summed E-state index contributed by atoms with van der Waals surface area (Å²) in [6.07, 6.45) is 4.97. The van der Waals surface area contributed by atoms with Crippen molar-refractivity contribution in [1.82, 2.24) is 15.2 Å². The first-order chi connectivity index (χ1) is 7.81. The average Bonchev–Trinajstić information content (AvgIpc) is 2.31. The predicted molar refractivity (Wildman–Crippen MR) is 83.9 cm³/mol.